The van der Waals surface area contributed by atoms with Gasteiger partial charge in [-0.25, -0.2) is 4.79 Å². The highest BCUT2D eigenvalue weighted by Gasteiger charge is 2.26. The highest BCUT2D eigenvalue weighted by molar-refractivity contribution is 5.94. The van der Waals surface area contributed by atoms with E-state index in [1.807, 2.05) is 0 Å². The van der Waals surface area contributed by atoms with Gasteiger partial charge in [-0.15, -0.1) is 0 Å². The number of halogens is 3. The van der Waals surface area contributed by atoms with Crippen LogP contribution >= 0.6 is 0 Å². The Labute approximate surface area is 105 Å². The fourth-order valence-electron chi connectivity index (χ4n) is 1.32. The van der Waals surface area contributed by atoms with Crippen LogP contribution in [-0.2, 0) is 0 Å². The van der Waals surface area contributed by atoms with Crippen molar-refractivity contribution in [1.82, 2.24) is 0 Å². The average Bonchev–Trinajstić information content (AvgIpc) is 2.26. The van der Waals surface area contributed by atoms with Crippen molar-refractivity contribution in [2.45, 2.75) is 12.6 Å². The summed E-state index contributed by atoms with van der Waals surface area (Å²) in [5.74, 6) is -1.38. The Morgan fingerprint density at radius 1 is 1.42 bits per heavy atom. The predicted molar refractivity (Wildman–Crippen MR) is 59.2 cm³/mol. The molecule has 0 heterocycles. The highest BCUT2D eigenvalue weighted by Crippen LogP contribution is 2.24. The second kappa shape index (κ2) is 5.55. The van der Waals surface area contributed by atoms with Gasteiger partial charge in [0.1, 0.15) is 0 Å². The summed E-state index contributed by atoms with van der Waals surface area (Å²) < 4.78 is 35.9. The van der Waals surface area contributed by atoms with Crippen molar-refractivity contribution in [3.8, 4) is 0 Å². The average molecular weight is 278 g/mol. The summed E-state index contributed by atoms with van der Waals surface area (Å²) in [5.41, 5.74) is -0.946. The molecule has 0 aliphatic heterocycles. The van der Waals surface area contributed by atoms with Crippen molar-refractivity contribution in [1.29, 1.82) is 0 Å². The predicted octanol–water partition coefficient (Wildman–Crippen LogP) is 2.66. The molecule has 1 aromatic rings. The van der Waals surface area contributed by atoms with Gasteiger partial charge >= 0.3 is 12.1 Å². The molecule has 9 heteroatoms. The Bertz CT molecular complexity index is 502. The summed E-state index contributed by atoms with van der Waals surface area (Å²) in [5, 5.41) is 21.6. The summed E-state index contributed by atoms with van der Waals surface area (Å²) in [6, 6.07) is 2.83. The molecule has 2 N–H and O–H groups in total. The van der Waals surface area contributed by atoms with Gasteiger partial charge < -0.3 is 10.4 Å². The van der Waals surface area contributed by atoms with Gasteiger partial charge in [-0.05, 0) is 6.07 Å². The minimum absolute atomic E-state index is 0.217. The third-order valence-electron chi connectivity index (χ3n) is 2.17. The molecular formula is C10H9F3N2O4. The van der Waals surface area contributed by atoms with Gasteiger partial charge in [-0.1, -0.05) is 0 Å². The van der Waals surface area contributed by atoms with Gasteiger partial charge in [-0.3, -0.25) is 10.1 Å². The van der Waals surface area contributed by atoms with Gasteiger partial charge in [-0.2, -0.15) is 13.2 Å². The summed E-state index contributed by atoms with van der Waals surface area (Å²) in [6.07, 6.45) is -5.56. The minimum atomic E-state index is -4.39. The lowest BCUT2D eigenvalue weighted by atomic mass is 10.1. The van der Waals surface area contributed by atoms with Crippen LogP contribution in [0.5, 0.6) is 0 Å². The molecule has 0 atom stereocenters. The summed E-state index contributed by atoms with van der Waals surface area (Å²) in [7, 11) is 0. The molecule has 0 saturated carbocycles. The van der Waals surface area contributed by atoms with Crippen molar-refractivity contribution in [2.75, 3.05) is 11.9 Å². The van der Waals surface area contributed by atoms with Crippen LogP contribution in [0.2, 0.25) is 0 Å². The molecule has 0 bridgehead atoms. The van der Waals surface area contributed by atoms with Crippen LogP contribution in [-0.4, -0.2) is 28.7 Å². The van der Waals surface area contributed by atoms with E-state index < -0.39 is 35.7 Å². The van der Waals surface area contributed by atoms with E-state index in [1.54, 1.807) is 0 Å². The number of carbonyl (C=O) groups is 1. The number of carboxylic acids is 1. The normalized spacial score (nSPS) is 11.1. The third kappa shape index (κ3) is 4.45. The minimum Gasteiger partial charge on any atom is -0.478 e. The zero-order valence-electron chi connectivity index (χ0n) is 9.40. The Kier molecular flexibility index (Phi) is 4.30. The number of anilines is 1. The van der Waals surface area contributed by atoms with Crippen LogP contribution < -0.4 is 5.32 Å². The van der Waals surface area contributed by atoms with Crippen LogP contribution in [0.1, 0.15) is 16.8 Å². The summed E-state index contributed by atoms with van der Waals surface area (Å²) in [4.78, 5) is 20.6. The number of hydrogen-bond acceptors (Lipinski definition) is 4. The molecule has 0 aliphatic carbocycles. The number of nitro benzene ring substituents is 1. The van der Waals surface area contributed by atoms with E-state index in [0.29, 0.717) is 0 Å². The fraction of sp³-hybridized carbons (Fsp3) is 0.300. The molecule has 0 unspecified atom stereocenters. The zero-order valence-corrected chi connectivity index (χ0v) is 9.40. The first-order valence-corrected chi connectivity index (χ1v) is 5.03. The highest BCUT2D eigenvalue weighted by atomic mass is 19.4. The van der Waals surface area contributed by atoms with Crippen LogP contribution in [0.4, 0.5) is 24.5 Å². The van der Waals surface area contributed by atoms with Crippen molar-refractivity contribution >= 4 is 17.3 Å². The maximum absolute atomic E-state index is 12.0. The quantitative estimate of drug-likeness (QED) is 0.638. The monoisotopic (exact) mass is 278 g/mol. The Hall–Kier alpha value is -2.32. The smallest absolute Gasteiger partial charge is 0.390 e. The number of nitrogens with zero attached hydrogens (tertiary/aromatic N) is 1. The van der Waals surface area contributed by atoms with E-state index in [2.05, 4.69) is 5.32 Å². The number of alkyl halides is 3. The summed E-state index contributed by atoms with van der Waals surface area (Å²) in [6.45, 7) is -0.565. The fourth-order valence-corrected chi connectivity index (χ4v) is 1.32. The molecule has 0 spiro atoms. The number of carboxylic acid groups (broad SMARTS) is 1. The van der Waals surface area contributed by atoms with Gasteiger partial charge in [0, 0.05) is 18.7 Å². The standard InChI is InChI=1S/C10H9F3N2O4/c11-10(12,13)3-4-14-8-5-6(15(18)19)1-2-7(8)9(16)17/h1-2,5,14H,3-4H2,(H,16,17). The number of nitro groups is 1. The van der Waals surface area contributed by atoms with E-state index in [9.17, 15) is 28.1 Å². The van der Waals surface area contributed by atoms with E-state index in [1.165, 1.54) is 0 Å². The first kappa shape index (κ1) is 14.7. The second-order valence-electron chi connectivity index (χ2n) is 3.58. The summed E-state index contributed by atoms with van der Waals surface area (Å²) >= 11 is 0. The van der Waals surface area contributed by atoms with Gasteiger partial charge in [0.15, 0.2) is 0 Å². The van der Waals surface area contributed by atoms with Gasteiger partial charge in [0.05, 0.1) is 22.6 Å². The molecular weight excluding hydrogens is 269 g/mol. The van der Waals surface area contributed by atoms with E-state index >= 15 is 0 Å². The number of aromatic carboxylic acids is 1. The first-order valence-electron chi connectivity index (χ1n) is 5.03. The van der Waals surface area contributed by atoms with E-state index in [0.717, 1.165) is 18.2 Å². The van der Waals surface area contributed by atoms with Crippen LogP contribution in [0.15, 0.2) is 18.2 Å². The molecule has 19 heavy (non-hydrogen) atoms. The number of benzene rings is 1. The van der Waals surface area contributed by atoms with Gasteiger partial charge in [0.2, 0.25) is 0 Å². The molecule has 0 radical (unpaired) electrons. The van der Waals surface area contributed by atoms with Crippen molar-refractivity contribution in [3.05, 3.63) is 33.9 Å². The van der Waals surface area contributed by atoms with Crippen LogP contribution in [0, 0.1) is 10.1 Å². The van der Waals surface area contributed by atoms with Crippen molar-refractivity contribution in [3.63, 3.8) is 0 Å². The largest absolute Gasteiger partial charge is 0.478 e. The molecule has 0 amide bonds. The Morgan fingerprint density at radius 3 is 2.53 bits per heavy atom. The van der Waals surface area contributed by atoms with E-state index in [4.69, 9.17) is 5.11 Å². The molecule has 0 aromatic heterocycles. The lowest BCUT2D eigenvalue weighted by Gasteiger charge is -2.10. The molecule has 6 nitrogen and oxygen atoms in total. The Balaban J connectivity index is 2.92. The Morgan fingerprint density at radius 2 is 2.05 bits per heavy atom. The molecule has 1 aromatic carbocycles. The van der Waals surface area contributed by atoms with Crippen molar-refractivity contribution in [2.24, 2.45) is 0 Å². The number of hydrogen-bond donors (Lipinski definition) is 2. The molecule has 0 aliphatic rings. The second-order valence-corrected chi connectivity index (χ2v) is 3.58. The number of rotatable bonds is 5. The molecule has 0 saturated heterocycles. The maximum atomic E-state index is 12.0. The molecule has 1 rings (SSSR count). The first-order chi connectivity index (χ1) is 8.70. The van der Waals surface area contributed by atoms with Crippen molar-refractivity contribution < 1.29 is 28.0 Å². The van der Waals surface area contributed by atoms with Crippen LogP contribution in [0.3, 0.4) is 0 Å². The SMILES string of the molecule is O=C(O)c1ccc([N+](=O)[O-])cc1NCCC(F)(F)F. The lowest BCUT2D eigenvalue weighted by molar-refractivity contribution is -0.384. The number of nitrogens with one attached hydrogen (secondary N) is 1. The molecule has 104 valence electrons. The van der Waals surface area contributed by atoms with Crippen LogP contribution in [0.25, 0.3) is 0 Å². The van der Waals surface area contributed by atoms with Gasteiger partial charge in [0.25, 0.3) is 5.69 Å². The maximum Gasteiger partial charge on any atom is 0.390 e. The number of non-ortho nitro benzene ring substituents is 1. The lowest BCUT2D eigenvalue weighted by Crippen LogP contribution is -2.16. The topological polar surface area (TPSA) is 92.5 Å². The molecule has 0 fully saturated rings. The van der Waals surface area contributed by atoms with E-state index in [-0.39, 0.29) is 11.3 Å². The zero-order chi connectivity index (χ0) is 14.6. The third-order valence-corrected chi connectivity index (χ3v) is 2.17.